The Hall–Kier alpha value is -1.18. The summed E-state index contributed by atoms with van der Waals surface area (Å²) in [4.78, 5) is 0. The number of ether oxygens (including phenoxy) is 2. The molecule has 0 N–H and O–H groups in total. The molecule has 0 radical (unpaired) electrons. The van der Waals surface area contributed by atoms with Crippen molar-refractivity contribution in [3.05, 3.63) is 23.8 Å². The standard InChI is InChI=1S/C13H20O2/c1-4-5-6-10-15-13-11(2)8-7-9-12(13)14-3/h7-9H,4-6,10H2,1-3H3. The van der Waals surface area contributed by atoms with Crippen LogP contribution in [0.3, 0.4) is 0 Å². The Kier molecular flexibility index (Phi) is 5.02. The topological polar surface area (TPSA) is 18.5 Å². The molecule has 1 aromatic carbocycles. The maximum absolute atomic E-state index is 5.74. The number of hydrogen-bond donors (Lipinski definition) is 0. The van der Waals surface area contributed by atoms with Crippen molar-refractivity contribution in [2.75, 3.05) is 13.7 Å². The first-order valence-corrected chi connectivity index (χ1v) is 5.56. The summed E-state index contributed by atoms with van der Waals surface area (Å²) < 4.78 is 11.0. The van der Waals surface area contributed by atoms with Crippen LogP contribution >= 0.6 is 0 Å². The molecule has 1 rings (SSSR count). The van der Waals surface area contributed by atoms with Crippen LogP contribution in [0.5, 0.6) is 11.5 Å². The van der Waals surface area contributed by atoms with Crippen molar-refractivity contribution in [2.45, 2.75) is 33.1 Å². The van der Waals surface area contributed by atoms with Gasteiger partial charge in [0, 0.05) is 0 Å². The Morgan fingerprint density at radius 2 is 2.00 bits per heavy atom. The van der Waals surface area contributed by atoms with E-state index in [0.717, 1.165) is 30.1 Å². The van der Waals surface area contributed by atoms with Gasteiger partial charge in [0.1, 0.15) is 0 Å². The molecule has 15 heavy (non-hydrogen) atoms. The average molecular weight is 208 g/mol. The summed E-state index contributed by atoms with van der Waals surface area (Å²) >= 11 is 0. The van der Waals surface area contributed by atoms with Gasteiger partial charge in [0.05, 0.1) is 13.7 Å². The third-order valence-electron chi connectivity index (χ3n) is 2.39. The fraction of sp³-hybridized carbons (Fsp3) is 0.538. The monoisotopic (exact) mass is 208 g/mol. The second kappa shape index (κ2) is 6.33. The van der Waals surface area contributed by atoms with Crippen LogP contribution in [-0.2, 0) is 0 Å². The highest BCUT2D eigenvalue weighted by molar-refractivity contribution is 5.45. The second-order valence-corrected chi connectivity index (χ2v) is 3.66. The van der Waals surface area contributed by atoms with Crippen LogP contribution in [0.15, 0.2) is 18.2 Å². The fourth-order valence-electron chi connectivity index (χ4n) is 1.50. The molecule has 0 atom stereocenters. The minimum absolute atomic E-state index is 0.773. The summed E-state index contributed by atoms with van der Waals surface area (Å²) in [5.74, 6) is 1.71. The minimum atomic E-state index is 0.773. The largest absolute Gasteiger partial charge is 0.493 e. The summed E-state index contributed by atoms with van der Waals surface area (Å²) in [6.45, 7) is 5.00. The summed E-state index contributed by atoms with van der Waals surface area (Å²) in [5, 5.41) is 0. The molecule has 0 aliphatic rings. The van der Waals surface area contributed by atoms with Crippen LogP contribution in [0.4, 0.5) is 0 Å². The molecule has 0 amide bonds. The number of rotatable bonds is 6. The highest BCUT2D eigenvalue weighted by atomic mass is 16.5. The van der Waals surface area contributed by atoms with E-state index >= 15 is 0 Å². The maximum Gasteiger partial charge on any atom is 0.164 e. The first kappa shape index (κ1) is 11.9. The molecule has 2 heteroatoms. The van der Waals surface area contributed by atoms with Gasteiger partial charge in [0.15, 0.2) is 11.5 Å². The number of aryl methyl sites for hydroxylation is 1. The zero-order chi connectivity index (χ0) is 11.1. The molecule has 0 unspecified atom stereocenters. The van der Waals surface area contributed by atoms with E-state index in [1.165, 1.54) is 12.8 Å². The van der Waals surface area contributed by atoms with Crippen LogP contribution in [0, 0.1) is 6.92 Å². The first-order valence-electron chi connectivity index (χ1n) is 5.56. The summed E-state index contributed by atoms with van der Waals surface area (Å²) in [5.41, 5.74) is 1.13. The molecule has 0 spiro atoms. The van der Waals surface area contributed by atoms with Gasteiger partial charge in [0.2, 0.25) is 0 Å². The molecule has 0 fully saturated rings. The van der Waals surface area contributed by atoms with E-state index in [9.17, 15) is 0 Å². The van der Waals surface area contributed by atoms with E-state index in [1.807, 2.05) is 25.1 Å². The van der Waals surface area contributed by atoms with Gasteiger partial charge in [-0.3, -0.25) is 0 Å². The summed E-state index contributed by atoms with van der Waals surface area (Å²) in [7, 11) is 1.67. The zero-order valence-corrected chi connectivity index (χ0v) is 9.88. The summed E-state index contributed by atoms with van der Waals surface area (Å²) in [6, 6.07) is 5.95. The van der Waals surface area contributed by atoms with Gasteiger partial charge in [0.25, 0.3) is 0 Å². The van der Waals surface area contributed by atoms with Crippen molar-refractivity contribution in [3.63, 3.8) is 0 Å². The van der Waals surface area contributed by atoms with E-state index in [1.54, 1.807) is 7.11 Å². The van der Waals surface area contributed by atoms with Gasteiger partial charge in [-0.05, 0) is 25.0 Å². The van der Waals surface area contributed by atoms with Gasteiger partial charge >= 0.3 is 0 Å². The average Bonchev–Trinajstić information content (AvgIpc) is 2.26. The van der Waals surface area contributed by atoms with Crippen molar-refractivity contribution >= 4 is 0 Å². The third-order valence-corrected chi connectivity index (χ3v) is 2.39. The van der Waals surface area contributed by atoms with Gasteiger partial charge in [-0.1, -0.05) is 31.9 Å². The van der Waals surface area contributed by atoms with Crippen molar-refractivity contribution in [2.24, 2.45) is 0 Å². The predicted molar refractivity (Wildman–Crippen MR) is 62.8 cm³/mol. The molecule has 0 aliphatic heterocycles. The number of para-hydroxylation sites is 1. The van der Waals surface area contributed by atoms with E-state index in [4.69, 9.17) is 9.47 Å². The molecule has 84 valence electrons. The van der Waals surface area contributed by atoms with Crippen molar-refractivity contribution in [1.82, 2.24) is 0 Å². The molecule has 0 aromatic heterocycles. The number of methoxy groups -OCH3 is 1. The lowest BCUT2D eigenvalue weighted by molar-refractivity contribution is 0.284. The Balaban J connectivity index is 2.58. The first-order chi connectivity index (χ1) is 7.29. The highest BCUT2D eigenvalue weighted by Gasteiger charge is 2.06. The van der Waals surface area contributed by atoms with E-state index in [0.29, 0.717) is 0 Å². The van der Waals surface area contributed by atoms with Crippen molar-refractivity contribution in [1.29, 1.82) is 0 Å². The minimum Gasteiger partial charge on any atom is -0.493 e. The molecule has 0 aliphatic carbocycles. The predicted octanol–water partition coefficient (Wildman–Crippen LogP) is 3.57. The van der Waals surface area contributed by atoms with Crippen LogP contribution in [0.2, 0.25) is 0 Å². The van der Waals surface area contributed by atoms with Gasteiger partial charge in [-0.2, -0.15) is 0 Å². The molecule has 0 heterocycles. The van der Waals surface area contributed by atoms with Gasteiger partial charge < -0.3 is 9.47 Å². The number of hydrogen-bond acceptors (Lipinski definition) is 2. The Morgan fingerprint density at radius 3 is 2.67 bits per heavy atom. The summed E-state index contributed by atoms with van der Waals surface area (Å²) in [6.07, 6.45) is 3.54. The lowest BCUT2D eigenvalue weighted by Crippen LogP contribution is -2.00. The molecule has 1 aromatic rings. The lowest BCUT2D eigenvalue weighted by Gasteiger charge is -2.12. The maximum atomic E-state index is 5.74. The van der Waals surface area contributed by atoms with Crippen LogP contribution in [0.25, 0.3) is 0 Å². The van der Waals surface area contributed by atoms with Crippen LogP contribution < -0.4 is 9.47 Å². The smallest absolute Gasteiger partial charge is 0.164 e. The van der Waals surface area contributed by atoms with Crippen LogP contribution in [0.1, 0.15) is 31.7 Å². The fourth-order valence-corrected chi connectivity index (χ4v) is 1.50. The molecular formula is C13H20O2. The quantitative estimate of drug-likeness (QED) is 0.665. The Bertz CT molecular complexity index is 295. The molecule has 0 bridgehead atoms. The number of unbranched alkanes of at least 4 members (excludes halogenated alkanes) is 2. The normalized spacial score (nSPS) is 10.1. The second-order valence-electron chi connectivity index (χ2n) is 3.66. The third kappa shape index (κ3) is 3.46. The van der Waals surface area contributed by atoms with Crippen molar-refractivity contribution in [3.8, 4) is 11.5 Å². The molecule has 0 saturated heterocycles. The lowest BCUT2D eigenvalue weighted by atomic mass is 10.2. The zero-order valence-electron chi connectivity index (χ0n) is 9.88. The van der Waals surface area contributed by atoms with E-state index < -0.39 is 0 Å². The van der Waals surface area contributed by atoms with Gasteiger partial charge in [-0.25, -0.2) is 0 Å². The highest BCUT2D eigenvalue weighted by Crippen LogP contribution is 2.30. The molecule has 0 saturated carbocycles. The molecular weight excluding hydrogens is 188 g/mol. The Labute approximate surface area is 92.2 Å². The van der Waals surface area contributed by atoms with E-state index in [-0.39, 0.29) is 0 Å². The SMILES string of the molecule is CCCCCOc1c(C)cccc1OC. The Morgan fingerprint density at radius 1 is 1.20 bits per heavy atom. The van der Waals surface area contributed by atoms with Gasteiger partial charge in [-0.15, -0.1) is 0 Å². The number of benzene rings is 1. The van der Waals surface area contributed by atoms with Crippen molar-refractivity contribution < 1.29 is 9.47 Å². The van der Waals surface area contributed by atoms with Crippen LogP contribution in [-0.4, -0.2) is 13.7 Å². The molecule has 2 nitrogen and oxygen atoms in total. The van der Waals surface area contributed by atoms with E-state index in [2.05, 4.69) is 6.92 Å².